The van der Waals surface area contributed by atoms with Crippen LogP contribution in [0, 0.1) is 0 Å². The van der Waals surface area contributed by atoms with E-state index in [1.54, 1.807) is 0 Å². The van der Waals surface area contributed by atoms with Crippen molar-refractivity contribution in [2.24, 2.45) is 0 Å². The molecule has 0 aromatic heterocycles. The molecule has 0 radical (unpaired) electrons. The zero-order chi connectivity index (χ0) is 14.0. The molecule has 1 heterocycles. The van der Waals surface area contributed by atoms with Gasteiger partial charge < -0.3 is 19.9 Å². The van der Waals surface area contributed by atoms with Gasteiger partial charge in [-0.15, -0.1) is 0 Å². The molecule has 0 spiro atoms. The van der Waals surface area contributed by atoms with Gasteiger partial charge in [-0.1, -0.05) is 24.3 Å². The van der Waals surface area contributed by atoms with Crippen molar-refractivity contribution in [3.8, 4) is 11.5 Å². The van der Waals surface area contributed by atoms with Crippen LogP contribution >= 0.6 is 0 Å². The first-order valence-corrected chi connectivity index (χ1v) is 6.55. The monoisotopic (exact) mass is 271 g/mol. The van der Waals surface area contributed by atoms with E-state index >= 15 is 0 Å². The van der Waals surface area contributed by atoms with Gasteiger partial charge in [-0.25, -0.2) is 0 Å². The maximum Gasteiger partial charge on any atom is 0.231 e. The van der Waals surface area contributed by atoms with Crippen LogP contribution in [0.4, 0.5) is 5.69 Å². The number of para-hydroxylation sites is 1. The van der Waals surface area contributed by atoms with Crippen LogP contribution in [0.25, 0.3) is 0 Å². The van der Waals surface area contributed by atoms with Crippen molar-refractivity contribution in [2.75, 3.05) is 18.7 Å². The number of hydrogen-bond acceptors (Lipinski definition) is 4. The van der Waals surface area contributed by atoms with Gasteiger partial charge in [0.05, 0.1) is 12.1 Å². The molecule has 1 aliphatic heterocycles. The van der Waals surface area contributed by atoms with Crippen LogP contribution in [0.5, 0.6) is 11.5 Å². The molecule has 3 rings (SSSR count). The maximum atomic E-state index is 9.81. The molecular weight excluding hydrogens is 254 g/mol. The summed E-state index contributed by atoms with van der Waals surface area (Å²) in [6.45, 7) is 2.18. The number of aliphatic hydroxyl groups excluding tert-OH is 1. The lowest BCUT2D eigenvalue weighted by atomic mass is 9.92. The largest absolute Gasteiger partial charge is 0.454 e. The van der Waals surface area contributed by atoms with Crippen molar-refractivity contribution in [1.29, 1.82) is 0 Å². The normalized spacial score (nSPS) is 15.7. The molecule has 0 amide bonds. The second-order valence-electron chi connectivity index (χ2n) is 5.05. The van der Waals surface area contributed by atoms with Crippen LogP contribution in [0.2, 0.25) is 0 Å². The van der Waals surface area contributed by atoms with E-state index in [-0.39, 0.29) is 13.4 Å². The predicted octanol–water partition coefficient (Wildman–Crippen LogP) is 2.73. The highest BCUT2D eigenvalue weighted by atomic mass is 16.7. The van der Waals surface area contributed by atoms with Gasteiger partial charge >= 0.3 is 0 Å². The van der Waals surface area contributed by atoms with E-state index < -0.39 is 5.54 Å². The first-order valence-electron chi connectivity index (χ1n) is 6.55. The van der Waals surface area contributed by atoms with Crippen molar-refractivity contribution in [1.82, 2.24) is 0 Å². The summed E-state index contributed by atoms with van der Waals surface area (Å²) >= 11 is 0. The zero-order valence-electron chi connectivity index (χ0n) is 11.3. The molecule has 2 aromatic carbocycles. The molecule has 2 N–H and O–H groups in total. The van der Waals surface area contributed by atoms with E-state index in [4.69, 9.17) is 9.47 Å². The number of anilines is 1. The third-order valence-corrected chi connectivity index (χ3v) is 3.52. The van der Waals surface area contributed by atoms with E-state index in [2.05, 4.69) is 5.32 Å². The Kier molecular flexibility index (Phi) is 3.24. The van der Waals surface area contributed by atoms with Crippen molar-refractivity contribution in [3.63, 3.8) is 0 Å². The number of aliphatic hydroxyl groups is 1. The number of fused-ring (bicyclic) bond motifs is 1. The molecule has 104 valence electrons. The number of hydrogen-bond donors (Lipinski definition) is 2. The molecule has 0 saturated carbocycles. The Balaban J connectivity index is 1.92. The SMILES string of the molecule is CC(CO)(Nc1ccccc1)c1ccc2c(c1)OCO2. The van der Waals surface area contributed by atoms with Gasteiger partial charge in [-0.3, -0.25) is 0 Å². The van der Waals surface area contributed by atoms with Crippen molar-refractivity contribution in [3.05, 3.63) is 54.1 Å². The first-order chi connectivity index (χ1) is 9.71. The summed E-state index contributed by atoms with van der Waals surface area (Å²) in [5.74, 6) is 1.46. The van der Waals surface area contributed by atoms with E-state index in [0.29, 0.717) is 0 Å². The quantitative estimate of drug-likeness (QED) is 0.897. The third kappa shape index (κ3) is 2.30. The van der Waals surface area contributed by atoms with E-state index in [1.807, 2.05) is 55.5 Å². The van der Waals surface area contributed by atoms with Crippen molar-refractivity contribution < 1.29 is 14.6 Å². The molecule has 1 atom stereocenters. The average molecular weight is 271 g/mol. The topological polar surface area (TPSA) is 50.7 Å². The van der Waals surface area contributed by atoms with Crippen LogP contribution in [0.15, 0.2) is 48.5 Å². The molecule has 1 aliphatic rings. The standard InChI is InChI=1S/C16H17NO3/c1-16(10-18,17-13-5-3-2-4-6-13)12-7-8-14-15(9-12)20-11-19-14/h2-9,17-18H,10-11H2,1H3. The minimum atomic E-state index is -0.581. The van der Waals surface area contributed by atoms with Crippen LogP contribution in [0.3, 0.4) is 0 Å². The molecule has 0 saturated heterocycles. The Labute approximate surface area is 118 Å². The highest BCUT2D eigenvalue weighted by Crippen LogP contribution is 2.36. The molecule has 0 bridgehead atoms. The Hall–Kier alpha value is -2.20. The lowest BCUT2D eigenvalue weighted by Gasteiger charge is -2.30. The summed E-state index contributed by atoms with van der Waals surface area (Å²) < 4.78 is 10.7. The number of nitrogens with one attached hydrogen (secondary N) is 1. The predicted molar refractivity (Wildman–Crippen MR) is 77.1 cm³/mol. The Bertz CT molecular complexity index is 600. The fourth-order valence-electron chi connectivity index (χ4n) is 2.28. The fourth-order valence-corrected chi connectivity index (χ4v) is 2.28. The summed E-state index contributed by atoms with van der Waals surface area (Å²) in [5, 5.41) is 13.2. The van der Waals surface area contributed by atoms with Gasteiger partial charge in [-0.05, 0) is 36.8 Å². The molecule has 4 heteroatoms. The molecule has 0 aliphatic carbocycles. The Morgan fingerprint density at radius 1 is 1.10 bits per heavy atom. The summed E-state index contributed by atoms with van der Waals surface area (Å²) in [5.41, 5.74) is 1.33. The van der Waals surface area contributed by atoms with Gasteiger partial charge in [0, 0.05) is 5.69 Å². The van der Waals surface area contributed by atoms with E-state index in [1.165, 1.54) is 0 Å². The minimum Gasteiger partial charge on any atom is -0.454 e. The Morgan fingerprint density at radius 2 is 1.85 bits per heavy atom. The van der Waals surface area contributed by atoms with Crippen molar-refractivity contribution in [2.45, 2.75) is 12.5 Å². The second-order valence-corrected chi connectivity index (χ2v) is 5.05. The second kappa shape index (κ2) is 5.06. The van der Waals surface area contributed by atoms with Crippen molar-refractivity contribution >= 4 is 5.69 Å². The Morgan fingerprint density at radius 3 is 2.60 bits per heavy atom. The smallest absolute Gasteiger partial charge is 0.231 e. The van der Waals surface area contributed by atoms with Crippen LogP contribution < -0.4 is 14.8 Å². The first kappa shape index (κ1) is 12.8. The van der Waals surface area contributed by atoms with Crippen LogP contribution in [0.1, 0.15) is 12.5 Å². The molecular formula is C16H17NO3. The fraction of sp³-hybridized carbons (Fsp3) is 0.250. The highest BCUT2D eigenvalue weighted by molar-refractivity contribution is 5.51. The minimum absolute atomic E-state index is 0.0263. The lowest BCUT2D eigenvalue weighted by molar-refractivity contribution is 0.173. The van der Waals surface area contributed by atoms with Gasteiger partial charge in [0.25, 0.3) is 0 Å². The molecule has 4 nitrogen and oxygen atoms in total. The number of ether oxygens (including phenoxy) is 2. The van der Waals surface area contributed by atoms with Gasteiger partial charge in [0.2, 0.25) is 6.79 Å². The number of benzene rings is 2. The highest BCUT2D eigenvalue weighted by Gasteiger charge is 2.28. The van der Waals surface area contributed by atoms with Gasteiger partial charge in [0.1, 0.15) is 0 Å². The zero-order valence-corrected chi connectivity index (χ0v) is 11.3. The molecule has 20 heavy (non-hydrogen) atoms. The summed E-state index contributed by atoms with van der Waals surface area (Å²) in [6.07, 6.45) is 0. The maximum absolute atomic E-state index is 9.81. The van der Waals surface area contributed by atoms with Gasteiger partial charge in [-0.2, -0.15) is 0 Å². The summed E-state index contributed by atoms with van der Waals surface area (Å²) in [6, 6.07) is 15.6. The van der Waals surface area contributed by atoms with Crippen LogP contribution in [-0.4, -0.2) is 18.5 Å². The number of rotatable bonds is 4. The lowest BCUT2D eigenvalue weighted by Crippen LogP contribution is -2.35. The molecule has 2 aromatic rings. The molecule has 1 unspecified atom stereocenters. The average Bonchev–Trinajstić information content (AvgIpc) is 2.95. The summed E-state index contributed by atoms with van der Waals surface area (Å²) in [7, 11) is 0. The molecule has 0 fully saturated rings. The third-order valence-electron chi connectivity index (χ3n) is 3.52. The summed E-state index contributed by atoms with van der Waals surface area (Å²) in [4.78, 5) is 0. The van der Waals surface area contributed by atoms with E-state index in [9.17, 15) is 5.11 Å². The van der Waals surface area contributed by atoms with E-state index in [0.717, 1.165) is 22.7 Å². The van der Waals surface area contributed by atoms with Crippen LogP contribution in [-0.2, 0) is 5.54 Å². The van der Waals surface area contributed by atoms with Gasteiger partial charge in [0.15, 0.2) is 11.5 Å².